The lowest BCUT2D eigenvalue weighted by Gasteiger charge is -1.99. The summed E-state index contributed by atoms with van der Waals surface area (Å²) in [5.41, 5.74) is 3.86. The fourth-order valence-electron chi connectivity index (χ4n) is 2.29. The Labute approximate surface area is 109 Å². The lowest BCUT2D eigenvalue weighted by atomic mass is 10.1. The maximum Gasteiger partial charge on any atom is 0.169 e. The second kappa shape index (κ2) is 4.16. The molecule has 0 saturated heterocycles. The summed E-state index contributed by atoms with van der Waals surface area (Å²) in [4.78, 5) is 7.41. The zero-order valence-corrected chi connectivity index (χ0v) is 10.6. The Morgan fingerprint density at radius 2 is 1.89 bits per heavy atom. The highest BCUT2D eigenvalue weighted by Gasteiger charge is 2.14. The molecule has 19 heavy (non-hydrogen) atoms. The molecule has 1 N–H and O–H groups in total. The number of hydrogen-bond acceptors (Lipinski definition) is 1. The molecule has 0 atom stereocenters. The molecule has 0 fully saturated rings. The minimum Gasteiger partial charge on any atom is -0.338 e. The van der Waals surface area contributed by atoms with Crippen molar-refractivity contribution >= 4 is 11.0 Å². The molecule has 0 aliphatic rings. The predicted octanol–water partition coefficient (Wildman–Crippen LogP) is 4.12. The number of aromatic amines is 1. The van der Waals surface area contributed by atoms with Gasteiger partial charge in [0.2, 0.25) is 0 Å². The molecule has 3 aromatic rings. The zero-order valence-electron chi connectivity index (χ0n) is 10.6. The van der Waals surface area contributed by atoms with Crippen LogP contribution in [0.4, 0.5) is 8.78 Å². The number of aryl methyl sites for hydroxylation is 2. The van der Waals surface area contributed by atoms with Crippen molar-refractivity contribution < 1.29 is 8.78 Å². The van der Waals surface area contributed by atoms with Crippen molar-refractivity contribution in [1.29, 1.82) is 0 Å². The van der Waals surface area contributed by atoms with E-state index in [4.69, 9.17) is 0 Å². The largest absolute Gasteiger partial charge is 0.338 e. The van der Waals surface area contributed by atoms with E-state index in [1.807, 2.05) is 26.0 Å². The summed E-state index contributed by atoms with van der Waals surface area (Å²) in [6.07, 6.45) is 0. The number of aromatic nitrogens is 2. The van der Waals surface area contributed by atoms with Crippen LogP contribution in [-0.4, -0.2) is 9.97 Å². The van der Waals surface area contributed by atoms with Crippen LogP contribution in [0.3, 0.4) is 0 Å². The van der Waals surface area contributed by atoms with Crippen LogP contribution in [0.25, 0.3) is 22.4 Å². The number of benzene rings is 2. The topological polar surface area (TPSA) is 28.7 Å². The molecule has 96 valence electrons. The van der Waals surface area contributed by atoms with E-state index in [1.54, 1.807) is 0 Å². The van der Waals surface area contributed by atoms with Crippen LogP contribution in [0.2, 0.25) is 0 Å². The molecule has 0 unspecified atom stereocenters. The van der Waals surface area contributed by atoms with Gasteiger partial charge in [0.05, 0.1) is 16.6 Å². The molecule has 0 radical (unpaired) electrons. The van der Waals surface area contributed by atoms with Crippen molar-refractivity contribution in [2.75, 3.05) is 0 Å². The van der Waals surface area contributed by atoms with Gasteiger partial charge in [0.25, 0.3) is 0 Å². The molecule has 0 bridgehead atoms. The Kier molecular flexibility index (Phi) is 2.59. The first-order valence-corrected chi connectivity index (χ1v) is 5.97. The fourth-order valence-corrected chi connectivity index (χ4v) is 2.29. The fraction of sp³-hybridized carbons (Fsp3) is 0.133. The Bertz CT molecular complexity index is 775. The number of fused-ring (bicyclic) bond motifs is 1. The summed E-state index contributed by atoms with van der Waals surface area (Å²) >= 11 is 0. The average Bonchev–Trinajstić information content (AvgIpc) is 2.76. The Balaban J connectivity index is 2.26. The second-order valence-corrected chi connectivity index (χ2v) is 4.66. The molecule has 2 aromatic carbocycles. The summed E-state index contributed by atoms with van der Waals surface area (Å²) < 4.78 is 27.0. The lowest BCUT2D eigenvalue weighted by Crippen LogP contribution is -1.90. The van der Waals surface area contributed by atoms with E-state index in [-0.39, 0.29) is 5.56 Å². The maximum absolute atomic E-state index is 13.8. The van der Waals surface area contributed by atoms with E-state index >= 15 is 0 Å². The first-order valence-electron chi connectivity index (χ1n) is 5.97. The van der Waals surface area contributed by atoms with Crippen LogP contribution in [0.5, 0.6) is 0 Å². The lowest BCUT2D eigenvalue weighted by molar-refractivity contribution is 0.510. The van der Waals surface area contributed by atoms with Gasteiger partial charge in [-0.1, -0.05) is 12.1 Å². The zero-order chi connectivity index (χ0) is 13.6. The molecule has 0 amide bonds. The third kappa shape index (κ3) is 1.89. The van der Waals surface area contributed by atoms with Crippen LogP contribution in [-0.2, 0) is 0 Å². The highest BCUT2D eigenvalue weighted by molar-refractivity contribution is 5.83. The number of hydrogen-bond donors (Lipinski definition) is 1. The molecule has 3 rings (SSSR count). The van der Waals surface area contributed by atoms with Gasteiger partial charge in [-0.15, -0.1) is 0 Å². The van der Waals surface area contributed by atoms with Crippen LogP contribution >= 0.6 is 0 Å². The van der Waals surface area contributed by atoms with Gasteiger partial charge in [-0.25, -0.2) is 13.8 Å². The number of halogens is 2. The van der Waals surface area contributed by atoms with Gasteiger partial charge in [0.15, 0.2) is 11.6 Å². The summed E-state index contributed by atoms with van der Waals surface area (Å²) in [6, 6.07) is 8.03. The number of nitrogens with zero attached hydrogens (tertiary/aromatic N) is 1. The molecule has 1 heterocycles. The third-order valence-electron chi connectivity index (χ3n) is 3.13. The minimum absolute atomic E-state index is 0.147. The van der Waals surface area contributed by atoms with Crippen molar-refractivity contribution in [2.45, 2.75) is 13.8 Å². The van der Waals surface area contributed by atoms with Crippen LogP contribution in [0, 0.1) is 25.5 Å². The van der Waals surface area contributed by atoms with E-state index in [0.29, 0.717) is 5.82 Å². The number of imidazole rings is 1. The van der Waals surface area contributed by atoms with Gasteiger partial charge in [0, 0.05) is 0 Å². The maximum atomic E-state index is 13.8. The van der Waals surface area contributed by atoms with E-state index in [0.717, 1.165) is 28.2 Å². The molecule has 2 nitrogen and oxygen atoms in total. The standard InChI is InChI=1S/C15H12F2N2/c1-8-6-9(2)14-12(7-8)18-15(19-14)10-4-3-5-11(16)13(10)17/h3-7H,1-2H3,(H,18,19). The van der Waals surface area contributed by atoms with Gasteiger partial charge in [0.1, 0.15) is 5.82 Å². The van der Waals surface area contributed by atoms with Crippen molar-refractivity contribution in [3.8, 4) is 11.4 Å². The molecule has 1 aromatic heterocycles. The molecule has 0 saturated carbocycles. The third-order valence-corrected chi connectivity index (χ3v) is 3.13. The predicted molar refractivity (Wildman–Crippen MR) is 70.9 cm³/mol. The van der Waals surface area contributed by atoms with Gasteiger partial charge in [-0.05, 0) is 43.2 Å². The molecule has 0 aliphatic heterocycles. The summed E-state index contributed by atoms with van der Waals surface area (Å²) in [6.45, 7) is 3.93. The van der Waals surface area contributed by atoms with E-state index in [1.165, 1.54) is 12.1 Å². The van der Waals surface area contributed by atoms with Gasteiger partial charge >= 0.3 is 0 Å². The molecular weight excluding hydrogens is 246 g/mol. The molecule has 0 aliphatic carbocycles. The van der Waals surface area contributed by atoms with Crippen molar-refractivity contribution in [2.24, 2.45) is 0 Å². The molecule has 0 spiro atoms. The SMILES string of the molecule is Cc1cc(C)c2nc(-c3cccc(F)c3F)[nH]c2c1. The Morgan fingerprint density at radius 3 is 2.68 bits per heavy atom. The van der Waals surface area contributed by atoms with E-state index in [2.05, 4.69) is 9.97 Å². The summed E-state index contributed by atoms with van der Waals surface area (Å²) in [5.74, 6) is -1.40. The number of rotatable bonds is 1. The van der Waals surface area contributed by atoms with Crippen LogP contribution in [0.15, 0.2) is 30.3 Å². The Morgan fingerprint density at radius 1 is 1.11 bits per heavy atom. The van der Waals surface area contributed by atoms with Crippen molar-refractivity contribution in [3.63, 3.8) is 0 Å². The minimum atomic E-state index is -0.879. The Hall–Kier alpha value is -2.23. The van der Waals surface area contributed by atoms with Gasteiger partial charge < -0.3 is 4.98 Å². The first-order chi connectivity index (χ1) is 9.06. The first kappa shape index (κ1) is 11.8. The quantitative estimate of drug-likeness (QED) is 0.698. The highest BCUT2D eigenvalue weighted by Crippen LogP contribution is 2.26. The summed E-state index contributed by atoms with van der Waals surface area (Å²) in [7, 11) is 0. The second-order valence-electron chi connectivity index (χ2n) is 4.66. The van der Waals surface area contributed by atoms with E-state index in [9.17, 15) is 8.78 Å². The monoisotopic (exact) mass is 258 g/mol. The van der Waals surface area contributed by atoms with E-state index < -0.39 is 11.6 Å². The molecular formula is C15H12F2N2. The van der Waals surface area contributed by atoms with Crippen molar-refractivity contribution in [1.82, 2.24) is 9.97 Å². The van der Waals surface area contributed by atoms with Gasteiger partial charge in [-0.3, -0.25) is 0 Å². The highest BCUT2D eigenvalue weighted by atomic mass is 19.2. The number of nitrogens with one attached hydrogen (secondary N) is 1. The molecule has 4 heteroatoms. The number of H-pyrrole nitrogens is 1. The smallest absolute Gasteiger partial charge is 0.169 e. The van der Waals surface area contributed by atoms with Crippen LogP contribution < -0.4 is 0 Å². The van der Waals surface area contributed by atoms with Gasteiger partial charge in [-0.2, -0.15) is 0 Å². The normalized spacial score (nSPS) is 11.2. The average molecular weight is 258 g/mol. The van der Waals surface area contributed by atoms with Crippen LogP contribution in [0.1, 0.15) is 11.1 Å². The summed E-state index contributed by atoms with van der Waals surface area (Å²) in [5, 5.41) is 0. The van der Waals surface area contributed by atoms with Crippen molar-refractivity contribution in [3.05, 3.63) is 53.1 Å².